The Labute approximate surface area is 122 Å². The number of carbonyl (C=O) groups excluding carboxylic acids is 1. The van der Waals surface area contributed by atoms with Crippen molar-refractivity contribution in [2.24, 2.45) is 11.7 Å². The van der Waals surface area contributed by atoms with Gasteiger partial charge in [-0.15, -0.1) is 6.58 Å². The van der Waals surface area contributed by atoms with Gasteiger partial charge in [0.1, 0.15) is 6.54 Å². The third-order valence-corrected chi connectivity index (χ3v) is 3.14. The maximum absolute atomic E-state index is 12.5. The molecule has 0 aliphatic heterocycles. The van der Waals surface area contributed by atoms with Crippen LogP contribution in [0.4, 0.5) is 13.2 Å². The molecule has 3 nitrogen and oxygen atoms in total. The van der Waals surface area contributed by atoms with E-state index in [0.717, 1.165) is 4.90 Å². The van der Waals surface area contributed by atoms with Crippen LogP contribution in [-0.2, 0) is 4.79 Å². The van der Waals surface area contributed by atoms with Crippen molar-refractivity contribution in [3.05, 3.63) is 48.6 Å². The molecule has 0 bridgehead atoms. The summed E-state index contributed by atoms with van der Waals surface area (Å²) in [7, 11) is 0. The van der Waals surface area contributed by atoms with E-state index in [1.165, 1.54) is 13.0 Å². The van der Waals surface area contributed by atoms with Gasteiger partial charge in [0.15, 0.2) is 0 Å². The minimum absolute atomic E-state index is 0.163. The molecule has 0 saturated carbocycles. The van der Waals surface area contributed by atoms with Crippen molar-refractivity contribution in [1.29, 1.82) is 0 Å². The van der Waals surface area contributed by atoms with E-state index in [2.05, 4.69) is 6.58 Å². The summed E-state index contributed by atoms with van der Waals surface area (Å²) in [6, 6.07) is 8.18. The molecule has 2 unspecified atom stereocenters. The quantitative estimate of drug-likeness (QED) is 0.821. The molecule has 116 valence electrons. The van der Waals surface area contributed by atoms with Crippen LogP contribution >= 0.6 is 0 Å². The highest BCUT2D eigenvalue weighted by Crippen LogP contribution is 2.23. The molecule has 1 rings (SSSR count). The average molecular weight is 300 g/mol. The summed E-state index contributed by atoms with van der Waals surface area (Å²) in [6.45, 7) is 3.45. The zero-order valence-electron chi connectivity index (χ0n) is 11.8. The first-order chi connectivity index (χ1) is 9.76. The molecule has 21 heavy (non-hydrogen) atoms. The zero-order valence-corrected chi connectivity index (χ0v) is 11.8. The Balaban J connectivity index is 2.85. The molecule has 2 N–H and O–H groups in total. The number of nitrogens with two attached hydrogens (primary N) is 1. The summed E-state index contributed by atoms with van der Waals surface area (Å²) in [5, 5.41) is 0. The van der Waals surface area contributed by atoms with Crippen molar-refractivity contribution >= 4 is 5.91 Å². The maximum atomic E-state index is 12.5. The van der Waals surface area contributed by atoms with E-state index < -0.39 is 30.6 Å². The second-order valence-electron chi connectivity index (χ2n) is 4.85. The first kappa shape index (κ1) is 17.2. The van der Waals surface area contributed by atoms with Gasteiger partial charge in [0.25, 0.3) is 0 Å². The molecule has 1 aromatic carbocycles. The molecule has 0 aliphatic carbocycles. The third kappa shape index (κ3) is 5.23. The van der Waals surface area contributed by atoms with E-state index in [0.29, 0.717) is 5.56 Å². The summed E-state index contributed by atoms with van der Waals surface area (Å²) < 4.78 is 37.6. The lowest BCUT2D eigenvalue weighted by Gasteiger charge is -2.28. The lowest BCUT2D eigenvalue weighted by atomic mass is 9.94. The van der Waals surface area contributed by atoms with Gasteiger partial charge in [-0.25, -0.2) is 0 Å². The highest BCUT2D eigenvalue weighted by atomic mass is 19.4. The van der Waals surface area contributed by atoms with E-state index in [1.54, 1.807) is 30.3 Å². The Morgan fingerprint density at radius 2 is 1.95 bits per heavy atom. The van der Waals surface area contributed by atoms with Gasteiger partial charge in [0, 0.05) is 12.6 Å². The topological polar surface area (TPSA) is 46.3 Å². The summed E-state index contributed by atoms with van der Waals surface area (Å²) in [6.07, 6.45) is -3.18. The lowest BCUT2D eigenvalue weighted by Crippen LogP contribution is -2.44. The van der Waals surface area contributed by atoms with Crippen molar-refractivity contribution in [2.45, 2.75) is 19.1 Å². The first-order valence-corrected chi connectivity index (χ1v) is 6.53. The SMILES string of the molecule is C=CCN(CC(F)(F)F)C(=O)C(C)C(N)c1ccccc1. The molecular weight excluding hydrogens is 281 g/mol. The van der Waals surface area contributed by atoms with Crippen molar-refractivity contribution in [3.8, 4) is 0 Å². The van der Waals surface area contributed by atoms with Crippen LogP contribution in [0.15, 0.2) is 43.0 Å². The third-order valence-electron chi connectivity index (χ3n) is 3.14. The number of halogens is 3. The van der Waals surface area contributed by atoms with Gasteiger partial charge in [-0.2, -0.15) is 13.2 Å². The molecule has 0 spiro atoms. The highest BCUT2D eigenvalue weighted by molar-refractivity contribution is 5.79. The first-order valence-electron chi connectivity index (χ1n) is 6.53. The van der Waals surface area contributed by atoms with E-state index >= 15 is 0 Å². The Bertz CT molecular complexity index is 474. The van der Waals surface area contributed by atoms with Crippen LogP contribution in [0.2, 0.25) is 0 Å². The number of nitrogens with zero attached hydrogens (tertiary/aromatic N) is 1. The molecule has 0 aromatic heterocycles. The van der Waals surface area contributed by atoms with Crippen LogP contribution in [0.25, 0.3) is 0 Å². The van der Waals surface area contributed by atoms with E-state index in [9.17, 15) is 18.0 Å². The minimum Gasteiger partial charge on any atom is -0.330 e. The fraction of sp³-hybridized carbons (Fsp3) is 0.400. The van der Waals surface area contributed by atoms with Crippen LogP contribution in [-0.4, -0.2) is 30.1 Å². The number of amides is 1. The normalized spacial score (nSPS) is 14.3. The molecule has 6 heteroatoms. The van der Waals surface area contributed by atoms with E-state index in [1.807, 2.05) is 0 Å². The van der Waals surface area contributed by atoms with Crippen LogP contribution < -0.4 is 5.73 Å². The summed E-state index contributed by atoms with van der Waals surface area (Å²) >= 11 is 0. The fourth-order valence-corrected chi connectivity index (χ4v) is 2.01. The molecule has 0 saturated heterocycles. The van der Waals surface area contributed by atoms with Gasteiger partial charge in [-0.1, -0.05) is 43.3 Å². The molecule has 1 aromatic rings. The van der Waals surface area contributed by atoms with Gasteiger partial charge in [0.05, 0.1) is 5.92 Å². The largest absolute Gasteiger partial charge is 0.406 e. The van der Waals surface area contributed by atoms with Crippen LogP contribution in [0.1, 0.15) is 18.5 Å². The Kier molecular flexibility index (Phi) is 5.96. The Morgan fingerprint density at radius 1 is 1.38 bits per heavy atom. The van der Waals surface area contributed by atoms with Crippen LogP contribution in [0.3, 0.4) is 0 Å². The number of rotatable bonds is 6. The molecule has 0 aliphatic rings. The number of carbonyl (C=O) groups is 1. The van der Waals surface area contributed by atoms with Crippen LogP contribution in [0.5, 0.6) is 0 Å². The van der Waals surface area contributed by atoms with Crippen molar-refractivity contribution in [3.63, 3.8) is 0 Å². The number of hydrogen-bond acceptors (Lipinski definition) is 2. The predicted molar refractivity (Wildman–Crippen MR) is 75.4 cm³/mol. The second kappa shape index (κ2) is 7.26. The molecule has 0 heterocycles. The fourth-order valence-electron chi connectivity index (χ4n) is 2.01. The van der Waals surface area contributed by atoms with Crippen molar-refractivity contribution in [1.82, 2.24) is 4.90 Å². The van der Waals surface area contributed by atoms with E-state index in [4.69, 9.17) is 5.73 Å². The van der Waals surface area contributed by atoms with E-state index in [-0.39, 0.29) is 6.54 Å². The summed E-state index contributed by atoms with van der Waals surface area (Å²) in [4.78, 5) is 12.9. The molecule has 2 atom stereocenters. The minimum atomic E-state index is -4.45. The average Bonchev–Trinajstić information content (AvgIpc) is 2.44. The van der Waals surface area contributed by atoms with Crippen molar-refractivity contribution < 1.29 is 18.0 Å². The molecule has 0 fully saturated rings. The smallest absolute Gasteiger partial charge is 0.330 e. The monoisotopic (exact) mass is 300 g/mol. The number of hydrogen-bond donors (Lipinski definition) is 1. The maximum Gasteiger partial charge on any atom is 0.406 e. The van der Waals surface area contributed by atoms with Gasteiger partial charge >= 0.3 is 6.18 Å². The van der Waals surface area contributed by atoms with Crippen molar-refractivity contribution in [2.75, 3.05) is 13.1 Å². The zero-order chi connectivity index (χ0) is 16.0. The van der Waals surface area contributed by atoms with Gasteiger partial charge in [0.2, 0.25) is 5.91 Å². The second-order valence-corrected chi connectivity index (χ2v) is 4.85. The lowest BCUT2D eigenvalue weighted by molar-refractivity contribution is -0.162. The number of alkyl halides is 3. The molecular formula is C15H19F3N2O. The number of benzene rings is 1. The summed E-state index contributed by atoms with van der Waals surface area (Å²) in [5.74, 6) is -1.39. The molecule has 0 radical (unpaired) electrons. The highest BCUT2D eigenvalue weighted by Gasteiger charge is 2.35. The Hall–Kier alpha value is -1.82. The predicted octanol–water partition coefficient (Wildman–Crippen LogP) is 2.90. The summed E-state index contributed by atoms with van der Waals surface area (Å²) in [5.41, 5.74) is 6.69. The Morgan fingerprint density at radius 3 is 2.43 bits per heavy atom. The van der Waals surface area contributed by atoms with Crippen LogP contribution in [0, 0.1) is 5.92 Å². The molecule has 1 amide bonds. The van der Waals surface area contributed by atoms with Gasteiger partial charge in [-0.05, 0) is 5.56 Å². The van der Waals surface area contributed by atoms with Gasteiger partial charge < -0.3 is 10.6 Å². The standard InChI is InChI=1S/C15H19F3N2O/c1-3-9-20(10-15(16,17)18)14(21)11(2)13(19)12-7-5-4-6-8-12/h3-8,11,13H,1,9-10,19H2,2H3. The van der Waals surface area contributed by atoms with Gasteiger partial charge in [-0.3, -0.25) is 4.79 Å².